The number of carbonyl (C=O) groups is 2. The molecule has 1 unspecified atom stereocenters. The quantitative estimate of drug-likeness (QED) is 0.492. The predicted octanol–water partition coefficient (Wildman–Crippen LogP) is 2.92. The molecule has 4 rings (SSSR count). The van der Waals surface area contributed by atoms with Gasteiger partial charge in [-0.05, 0) is 31.9 Å². The lowest BCUT2D eigenvalue weighted by atomic mass is 9.99. The van der Waals surface area contributed by atoms with E-state index in [-0.39, 0.29) is 30.8 Å². The summed E-state index contributed by atoms with van der Waals surface area (Å²) in [7, 11) is 0. The van der Waals surface area contributed by atoms with Gasteiger partial charge in [-0.2, -0.15) is 5.26 Å². The zero-order valence-corrected chi connectivity index (χ0v) is 19.0. The van der Waals surface area contributed by atoms with E-state index in [1.165, 1.54) is 11.3 Å². The second kappa shape index (κ2) is 10.3. The number of carbonyl (C=O) groups excluding carboxylic acids is 2. The minimum absolute atomic E-state index is 0.179. The Bertz CT molecular complexity index is 1180. The van der Waals surface area contributed by atoms with Gasteiger partial charge in [0.1, 0.15) is 23.2 Å². The monoisotopic (exact) mass is 464 g/mol. The maximum atomic E-state index is 12.5. The highest BCUT2D eigenvalue weighted by atomic mass is 32.1. The molecule has 0 saturated carbocycles. The molecule has 9 nitrogen and oxygen atoms in total. The van der Waals surface area contributed by atoms with E-state index in [4.69, 9.17) is 4.74 Å². The molecule has 170 valence electrons. The number of pyridine rings is 1. The number of ether oxygens (including phenoxy) is 1. The number of anilines is 2. The van der Waals surface area contributed by atoms with Crippen LogP contribution >= 0.6 is 11.3 Å². The first kappa shape index (κ1) is 22.5. The van der Waals surface area contributed by atoms with Crippen LogP contribution in [0.5, 0.6) is 0 Å². The first-order chi connectivity index (χ1) is 16.0. The average molecular weight is 465 g/mol. The van der Waals surface area contributed by atoms with Crippen molar-refractivity contribution in [2.45, 2.75) is 32.7 Å². The van der Waals surface area contributed by atoms with Crippen molar-refractivity contribution in [3.05, 3.63) is 58.7 Å². The first-order valence-electron chi connectivity index (χ1n) is 10.7. The number of aromatic nitrogens is 3. The molecule has 0 bridgehead atoms. The van der Waals surface area contributed by atoms with Crippen LogP contribution in [0.25, 0.3) is 0 Å². The van der Waals surface area contributed by atoms with Crippen LogP contribution in [0.4, 0.5) is 10.7 Å². The molecule has 3 aromatic heterocycles. The fourth-order valence-corrected chi connectivity index (χ4v) is 4.85. The number of rotatable bonds is 8. The summed E-state index contributed by atoms with van der Waals surface area (Å²) in [5, 5.41) is 16.2. The van der Waals surface area contributed by atoms with E-state index in [0.717, 1.165) is 16.3 Å². The van der Waals surface area contributed by atoms with Gasteiger partial charge in [0.2, 0.25) is 5.91 Å². The van der Waals surface area contributed by atoms with E-state index >= 15 is 0 Å². The fourth-order valence-electron chi connectivity index (χ4n) is 3.63. The van der Waals surface area contributed by atoms with E-state index in [2.05, 4.69) is 26.7 Å². The molecule has 10 heteroatoms. The van der Waals surface area contributed by atoms with Crippen molar-refractivity contribution in [1.82, 2.24) is 14.5 Å². The molecule has 0 aliphatic carbocycles. The predicted molar refractivity (Wildman–Crippen MR) is 124 cm³/mol. The SMILES string of the molecule is Cc1cn(CCOC(=O)C2CNc3c(sc(NC(=O)CCc4ccccn4)c3C#N)C2)cn1. The van der Waals surface area contributed by atoms with E-state index < -0.39 is 0 Å². The molecule has 0 radical (unpaired) electrons. The topological polar surface area (TPSA) is 122 Å². The molecule has 1 amide bonds. The smallest absolute Gasteiger partial charge is 0.311 e. The van der Waals surface area contributed by atoms with Gasteiger partial charge in [0.25, 0.3) is 0 Å². The second-order valence-electron chi connectivity index (χ2n) is 7.79. The minimum Gasteiger partial charge on any atom is -0.464 e. The standard InChI is InChI=1S/C23H24N6O3S/c1-15-13-29(14-27-15)8-9-32-23(31)16-10-19-21(26-12-16)18(11-24)22(33-19)28-20(30)6-5-17-4-2-3-7-25-17/h2-4,7,13-14,16,26H,5-6,8-10,12H2,1H3,(H,28,30). The third-order valence-electron chi connectivity index (χ3n) is 5.33. The van der Waals surface area contributed by atoms with Gasteiger partial charge >= 0.3 is 5.97 Å². The Labute approximate surface area is 195 Å². The zero-order chi connectivity index (χ0) is 23.2. The summed E-state index contributed by atoms with van der Waals surface area (Å²) in [6.07, 6.45) is 6.55. The third kappa shape index (κ3) is 5.56. The van der Waals surface area contributed by atoms with Gasteiger partial charge in [-0.1, -0.05) is 6.07 Å². The molecule has 2 N–H and O–H groups in total. The van der Waals surface area contributed by atoms with E-state index in [9.17, 15) is 14.9 Å². The number of thiophene rings is 1. The summed E-state index contributed by atoms with van der Waals surface area (Å²) in [5.74, 6) is -0.806. The summed E-state index contributed by atoms with van der Waals surface area (Å²) in [6, 6.07) is 7.76. The third-order valence-corrected chi connectivity index (χ3v) is 6.45. The number of nitrogens with zero attached hydrogens (tertiary/aromatic N) is 4. The van der Waals surface area contributed by atoms with Crippen LogP contribution < -0.4 is 10.6 Å². The summed E-state index contributed by atoms with van der Waals surface area (Å²) in [4.78, 5) is 34.2. The molecular weight excluding hydrogens is 440 g/mol. The van der Waals surface area contributed by atoms with Crippen molar-refractivity contribution in [2.75, 3.05) is 23.8 Å². The van der Waals surface area contributed by atoms with E-state index in [0.29, 0.717) is 42.2 Å². The van der Waals surface area contributed by atoms with Gasteiger partial charge in [-0.3, -0.25) is 14.6 Å². The van der Waals surface area contributed by atoms with Gasteiger partial charge in [-0.25, -0.2) is 4.98 Å². The van der Waals surface area contributed by atoms with Crippen LogP contribution in [0.15, 0.2) is 36.9 Å². The Hall–Kier alpha value is -3.71. The number of hydrogen-bond acceptors (Lipinski definition) is 8. The number of aryl methyl sites for hydroxylation is 2. The molecule has 0 spiro atoms. The number of nitrogens with one attached hydrogen (secondary N) is 2. The fraction of sp³-hybridized carbons (Fsp3) is 0.348. The zero-order valence-electron chi connectivity index (χ0n) is 18.2. The molecule has 0 saturated heterocycles. The molecular formula is C23H24N6O3S. The van der Waals surface area contributed by atoms with Gasteiger partial charge in [0.05, 0.1) is 30.2 Å². The molecule has 4 heterocycles. The molecule has 1 atom stereocenters. The lowest BCUT2D eigenvalue weighted by Crippen LogP contribution is -2.31. The van der Waals surface area contributed by atoms with E-state index in [1.807, 2.05) is 35.9 Å². The Balaban J connectivity index is 1.33. The molecule has 0 aromatic carbocycles. The second-order valence-corrected chi connectivity index (χ2v) is 8.89. The highest BCUT2D eigenvalue weighted by Gasteiger charge is 2.30. The summed E-state index contributed by atoms with van der Waals surface area (Å²) < 4.78 is 7.32. The summed E-state index contributed by atoms with van der Waals surface area (Å²) in [6.45, 7) is 3.10. The van der Waals surface area contributed by atoms with Crippen molar-refractivity contribution >= 4 is 33.9 Å². The van der Waals surface area contributed by atoms with Crippen LogP contribution in [0.3, 0.4) is 0 Å². The first-order valence-corrected chi connectivity index (χ1v) is 11.5. The van der Waals surface area contributed by atoms with Crippen molar-refractivity contribution in [3.63, 3.8) is 0 Å². The molecule has 33 heavy (non-hydrogen) atoms. The normalized spacial score (nSPS) is 14.6. The maximum Gasteiger partial charge on any atom is 0.311 e. The van der Waals surface area contributed by atoms with Crippen molar-refractivity contribution < 1.29 is 14.3 Å². The Morgan fingerprint density at radius 1 is 1.39 bits per heavy atom. The van der Waals surface area contributed by atoms with Crippen LogP contribution in [0.2, 0.25) is 0 Å². The van der Waals surface area contributed by atoms with Crippen LogP contribution in [0, 0.1) is 24.2 Å². The number of hydrogen-bond donors (Lipinski definition) is 2. The molecule has 1 aliphatic heterocycles. The van der Waals surface area contributed by atoms with Gasteiger partial charge in [0, 0.05) is 35.9 Å². The van der Waals surface area contributed by atoms with Gasteiger partial charge in [-0.15, -0.1) is 11.3 Å². The largest absolute Gasteiger partial charge is 0.464 e. The number of fused-ring (bicyclic) bond motifs is 1. The Morgan fingerprint density at radius 3 is 3.00 bits per heavy atom. The Kier molecular flexibility index (Phi) is 7.00. The van der Waals surface area contributed by atoms with Gasteiger partial charge in [0.15, 0.2) is 0 Å². The maximum absolute atomic E-state index is 12.5. The highest BCUT2D eigenvalue weighted by molar-refractivity contribution is 7.17. The lowest BCUT2D eigenvalue weighted by Gasteiger charge is -2.22. The summed E-state index contributed by atoms with van der Waals surface area (Å²) in [5.41, 5.74) is 2.85. The Morgan fingerprint density at radius 2 is 2.27 bits per heavy atom. The van der Waals surface area contributed by atoms with E-state index in [1.54, 1.807) is 12.5 Å². The lowest BCUT2D eigenvalue weighted by molar-refractivity contribution is -0.148. The van der Waals surface area contributed by atoms with Crippen LogP contribution in [0.1, 0.15) is 28.2 Å². The average Bonchev–Trinajstić information content (AvgIpc) is 3.39. The van der Waals surface area contributed by atoms with Crippen molar-refractivity contribution in [1.29, 1.82) is 5.26 Å². The number of imidazole rings is 1. The number of nitriles is 1. The summed E-state index contributed by atoms with van der Waals surface area (Å²) >= 11 is 1.33. The van der Waals surface area contributed by atoms with Crippen LogP contribution in [-0.4, -0.2) is 39.6 Å². The molecule has 3 aromatic rings. The van der Waals surface area contributed by atoms with Crippen molar-refractivity contribution in [3.8, 4) is 6.07 Å². The van der Waals surface area contributed by atoms with Gasteiger partial charge < -0.3 is 19.9 Å². The molecule has 1 aliphatic rings. The van der Waals surface area contributed by atoms with Crippen LogP contribution in [-0.2, 0) is 33.7 Å². The minimum atomic E-state index is -0.347. The molecule has 0 fully saturated rings. The van der Waals surface area contributed by atoms with Crippen molar-refractivity contribution in [2.24, 2.45) is 5.92 Å². The number of amides is 1. The highest BCUT2D eigenvalue weighted by Crippen LogP contribution is 2.41. The number of esters is 1.